The lowest BCUT2D eigenvalue weighted by atomic mass is 10.0. The van der Waals surface area contributed by atoms with Crippen molar-refractivity contribution in [1.82, 2.24) is 10.2 Å². The molecule has 1 fully saturated rings. The van der Waals surface area contributed by atoms with Crippen molar-refractivity contribution in [2.75, 3.05) is 19.6 Å². The number of rotatable bonds is 3. The third-order valence-electron chi connectivity index (χ3n) is 3.22. The Bertz CT molecular complexity index is 429. The summed E-state index contributed by atoms with van der Waals surface area (Å²) in [5.74, 6) is 0.143. The summed E-state index contributed by atoms with van der Waals surface area (Å²) in [4.78, 5) is 14.4. The molecule has 0 spiro atoms. The van der Waals surface area contributed by atoms with E-state index in [-0.39, 0.29) is 5.91 Å². The van der Waals surface area contributed by atoms with Crippen LogP contribution in [-0.2, 0) is 0 Å². The number of carbonyl (C=O) groups excluding carboxylic acids is 1. The highest BCUT2D eigenvalue weighted by Crippen LogP contribution is 2.19. The number of aryl methyl sites for hydroxylation is 1. The number of amides is 1. The Balaban J connectivity index is 2.22. The summed E-state index contributed by atoms with van der Waals surface area (Å²) in [7, 11) is 0. The first-order valence-corrected chi connectivity index (χ1v) is 6.70. The number of likely N-dealkylation sites (N-methyl/N-ethyl adjacent to an activating group) is 1. The van der Waals surface area contributed by atoms with Crippen molar-refractivity contribution in [3.8, 4) is 0 Å². The van der Waals surface area contributed by atoms with Crippen LogP contribution in [-0.4, -0.2) is 36.5 Å². The zero-order valence-electron chi connectivity index (χ0n) is 10.2. The van der Waals surface area contributed by atoms with Crippen LogP contribution in [0.25, 0.3) is 0 Å². The second kappa shape index (κ2) is 5.19. The monoisotopic (exact) mass is 296 g/mol. The number of hydrogen-bond donors (Lipinski definition) is 1. The molecular weight excluding hydrogens is 280 g/mol. The fourth-order valence-electron chi connectivity index (χ4n) is 2.08. The van der Waals surface area contributed by atoms with E-state index >= 15 is 0 Å². The van der Waals surface area contributed by atoms with Gasteiger partial charge in [0.25, 0.3) is 5.91 Å². The summed E-state index contributed by atoms with van der Waals surface area (Å²) in [6.07, 6.45) is 0. The number of hydrogen-bond acceptors (Lipinski definition) is 2. The molecule has 0 aliphatic carbocycles. The van der Waals surface area contributed by atoms with E-state index in [9.17, 15) is 4.79 Å². The summed E-state index contributed by atoms with van der Waals surface area (Å²) in [6, 6.07) is 6.17. The summed E-state index contributed by atoms with van der Waals surface area (Å²) in [5, 5.41) is 3.20. The molecule has 1 aromatic rings. The molecule has 17 heavy (non-hydrogen) atoms. The molecule has 3 nitrogen and oxygen atoms in total. The molecule has 0 aromatic heterocycles. The van der Waals surface area contributed by atoms with Gasteiger partial charge in [-0.3, -0.25) is 4.79 Å². The average Bonchev–Trinajstić information content (AvgIpc) is 2.22. The quantitative estimate of drug-likeness (QED) is 0.927. The third-order valence-corrected chi connectivity index (χ3v) is 3.71. The van der Waals surface area contributed by atoms with Crippen LogP contribution in [0.1, 0.15) is 22.8 Å². The van der Waals surface area contributed by atoms with Crippen molar-refractivity contribution in [2.24, 2.45) is 0 Å². The zero-order valence-corrected chi connectivity index (χ0v) is 11.8. The van der Waals surface area contributed by atoms with Gasteiger partial charge in [-0.05, 0) is 37.6 Å². The standard InChI is InChI=1S/C13H17BrN2O/c1-3-16(11-7-15-8-11)13(17)12-5-4-10(14)6-9(12)2/h4-6,11,15H,3,7-8H2,1-2H3. The molecule has 1 saturated heterocycles. The lowest BCUT2D eigenvalue weighted by molar-refractivity contribution is 0.0629. The molecular formula is C13H17BrN2O. The zero-order chi connectivity index (χ0) is 12.4. The van der Waals surface area contributed by atoms with Crippen molar-refractivity contribution in [2.45, 2.75) is 19.9 Å². The Kier molecular flexibility index (Phi) is 3.84. The van der Waals surface area contributed by atoms with Gasteiger partial charge in [0, 0.05) is 29.7 Å². The highest BCUT2D eigenvalue weighted by molar-refractivity contribution is 9.10. The first kappa shape index (κ1) is 12.6. The molecule has 1 aromatic carbocycles. The van der Waals surface area contributed by atoms with E-state index in [4.69, 9.17) is 0 Å². The van der Waals surface area contributed by atoms with E-state index in [1.54, 1.807) is 0 Å². The Morgan fingerprint density at radius 3 is 2.71 bits per heavy atom. The van der Waals surface area contributed by atoms with Crippen LogP contribution in [0.15, 0.2) is 22.7 Å². The van der Waals surface area contributed by atoms with Crippen LogP contribution >= 0.6 is 15.9 Å². The molecule has 0 radical (unpaired) electrons. The SMILES string of the molecule is CCN(C(=O)c1ccc(Br)cc1C)C1CNC1. The number of nitrogens with one attached hydrogen (secondary N) is 1. The Morgan fingerprint density at radius 2 is 2.24 bits per heavy atom. The first-order valence-electron chi connectivity index (χ1n) is 5.91. The predicted octanol–water partition coefficient (Wildman–Crippen LogP) is 2.19. The number of nitrogens with zero attached hydrogens (tertiary/aromatic N) is 1. The molecule has 1 aliphatic rings. The fourth-order valence-corrected chi connectivity index (χ4v) is 2.56. The second-order valence-electron chi connectivity index (χ2n) is 4.36. The maximum absolute atomic E-state index is 12.4. The van der Waals surface area contributed by atoms with Crippen molar-refractivity contribution < 1.29 is 4.79 Å². The first-order chi connectivity index (χ1) is 8.13. The molecule has 1 N–H and O–H groups in total. The van der Waals surface area contributed by atoms with Gasteiger partial charge < -0.3 is 10.2 Å². The van der Waals surface area contributed by atoms with Crippen LogP contribution in [0, 0.1) is 6.92 Å². The van der Waals surface area contributed by atoms with Gasteiger partial charge >= 0.3 is 0 Å². The van der Waals surface area contributed by atoms with E-state index in [1.165, 1.54) is 0 Å². The number of carbonyl (C=O) groups is 1. The minimum absolute atomic E-state index is 0.143. The van der Waals surface area contributed by atoms with Crippen LogP contribution in [0.3, 0.4) is 0 Å². The van der Waals surface area contributed by atoms with E-state index in [2.05, 4.69) is 21.2 Å². The normalized spacial score (nSPS) is 15.5. The van der Waals surface area contributed by atoms with Crippen LogP contribution in [0.2, 0.25) is 0 Å². The minimum Gasteiger partial charge on any atom is -0.333 e. The van der Waals surface area contributed by atoms with E-state index < -0.39 is 0 Å². The van der Waals surface area contributed by atoms with Gasteiger partial charge in [0.2, 0.25) is 0 Å². The van der Waals surface area contributed by atoms with E-state index in [0.29, 0.717) is 6.04 Å². The Morgan fingerprint density at radius 1 is 1.53 bits per heavy atom. The summed E-state index contributed by atoms with van der Waals surface area (Å²) < 4.78 is 1.01. The highest BCUT2D eigenvalue weighted by atomic mass is 79.9. The maximum atomic E-state index is 12.4. The van der Waals surface area contributed by atoms with E-state index in [0.717, 1.165) is 35.2 Å². The topological polar surface area (TPSA) is 32.3 Å². The van der Waals surface area contributed by atoms with Crippen molar-refractivity contribution >= 4 is 21.8 Å². The van der Waals surface area contributed by atoms with Crippen molar-refractivity contribution in [1.29, 1.82) is 0 Å². The Hall–Kier alpha value is -0.870. The summed E-state index contributed by atoms with van der Waals surface area (Å²) in [5.41, 5.74) is 1.83. The molecule has 0 bridgehead atoms. The van der Waals surface area contributed by atoms with Gasteiger partial charge in [-0.2, -0.15) is 0 Å². The molecule has 2 rings (SSSR count). The number of benzene rings is 1. The lowest BCUT2D eigenvalue weighted by Crippen LogP contribution is -2.58. The molecule has 92 valence electrons. The molecule has 0 unspecified atom stereocenters. The van der Waals surface area contributed by atoms with Crippen molar-refractivity contribution in [3.63, 3.8) is 0 Å². The fraction of sp³-hybridized carbons (Fsp3) is 0.462. The number of halogens is 1. The molecule has 1 amide bonds. The third kappa shape index (κ3) is 2.53. The largest absolute Gasteiger partial charge is 0.333 e. The van der Waals surface area contributed by atoms with Gasteiger partial charge in [-0.15, -0.1) is 0 Å². The van der Waals surface area contributed by atoms with Crippen molar-refractivity contribution in [3.05, 3.63) is 33.8 Å². The van der Waals surface area contributed by atoms with Gasteiger partial charge in [-0.25, -0.2) is 0 Å². The smallest absolute Gasteiger partial charge is 0.254 e. The minimum atomic E-state index is 0.143. The lowest BCUT2D eigenvalue weighted by Gasteiger charge is -2.37. The molecule has 1 heterocycles. The molecule has 0 saturated carbocycles. The highest BCUT2D eigenvalue weighted by Gasteiger charge is 2.28. The Labute approximate surface area is 110 Å². The predicted molar refractivity (Wildman–Crippen MR) is 72.2 cm³/mol. The maximum Gasteiger partial charge on any atom is 0.254 e. The van der Waals surface area contributed by atoms with Gasteiger partial charge in [0.15, 0.2) is 0 Å². The molecule has 1 aliphatic heterocycles. The van der Waals surface area contributed by atoms with Gasteiger partial charge in [0.1, 0.15) is 0 Å². The second-order valence-corrected chi connectivity index (χ2v) is 5.28. The summed E-state index contributed by atoms with van der Waals surface area (Å²) in [6.45, 7) is 6.60. The van der Waals surface area contributed by atoms with Gasteiger partial charge in [0.05, 0.1) is 6.04 Å². The van der Waals surface area contributed by atoms with E-state index in [1.807, 2.05) is 36.9 Å². The molecule has 4 heteroatoms. The van der Waals surface area contributed by atoms with Crippen LogP contribution < -0.4 is 5.32 Å². The van der Waals surface area contributed by atoms with Crippen LogP contribution in [0.5, 0.6) is 0 Å². The van der Waals surface area contributed by atoms with Crippen LogP contribution in [0.4, 0.5) is 0 Å². The molecule has 0 atom stereocenters. The van der Waals surface area contributed by atoms with Gasteiger partial charge in [-0.1, -0.05) is 15.9 Å². The average molecular weight is 297 g/mol. The summed E-state index contributed by atoms with van der Waals surface area (Å²) >= 11 is 3.42.